The number of pyridine rings is 1. The van der Waals surface area contributed by atoms with Crippen molar-refractivity contribution >= 4 is 5.97 Å². The third kappa shape index (κ3) is 2.60. The maximum Gasteiger partial charge on any atom is 0.306 e. The minimum Gasteiger partial charge on any atom is -0.496 e. The van der Waals surface area contributed by atoms with E-state index in [4.69, 9.17) is 14.6 Å². The highest BCUT2D eigenvalue weighted by molar-refractivity contribution is 5.68. The second-order valence-corrected chi connectivity index (χ2v) is 3.05. The average molecular weight is 227 g/mol. The first-order valence-corrected chi connectivity index (χ1v) is 4.56. The lowest BCUT2D eigenvalue weighted by molar-refractivity contribution is -0.139. The summed E-state index contributed by atoms with van der Waals surface area (Å²) in [6.07, 6.45) is -0.191. The number of aromatic nitrogens is 1. The van der Waals surface area contributed by atoms with Crippen molar-refractivity contribution in [2.75, 3.05) is 14.2 Å². The molecular weight excluding hydrogens is 214 g/mol. The predicted octanol–water partition coefficient (Wildman–Crippen LogP) is 0.607. The van der Waals surface area contributed by atoms with Crippen LogP contribution in [0.2, 0.25) is 0 Å². The number of aliphatic hydroxyl groups excluding tert-OH is 1. The Kier molecular flexibility index (Phi) is 4.07. The summed E-state index contributed by atoms with van der Waals surface area (Å²) in [5.41, 5.74) is 0.245. The van der Waals surface area contributed by atoms with Gasteiger partial charge in [0.1, 0.15) is 5.75 Å². The van der Waals surface area contributed by atoms with Crippen LogP contribution in [0.5, 0.6) is 11.6 Å². The first kappa shape index (κ1) is 12.3. The average Bonchev–Trinajstić information content (AvgIpc) is 2.26. The molecule has 0 fully saturated rings. The summed E-state index contributed by atoms with van der Waals surface area (Å²) in [4.78, 5) is 14.4. The van der Waals surface area contributed by atoms with E-state index >= 15 is 0 Å². The summed E-state index contributed by atoms with van der Waals surface area (Å²) in [7, 11) is 2.81. The number of aliphatic carboxylic acids is 1. The number of nitrogens with zero attached hydrogens (tertiary/aromatic N) is 1. The Labute approximate surface area is 92.5 Å². The Morgan fingerprint density at radius 2 is 2.19 bits per heavy atom. The lowest BCUT2D eigenvalue weighted by atomic mass is 10.1. The zero-order valence-electron chi connectivity index (χ0n) is 9.01. The van der Waals surface area contributed by atoms with Gasteiger partial charge in [-0.25, -0.2) is 4.98 Å². The molecule has 0 unspecified atom stereocenters. The van der Waals surface area contributed by atoms with Crippen molar-refractivity contribution < 1.29 is 24.5 Å². The van der Waals surface area contributed by atoms with E-state index in [2.05, 4.69) is 4.98 Å². The van der Waals surface area contributed by atoms with Gasteiger partial charge in [-0.2, -0.15) is 0 Å². The SMILES string of the molecule is COc1ccnc(OC)c1[C@H](O)CC(=O)O. The minimum absolute atomic E-state index is 0.160. The molecule has 0 aromatic carbocycles. The zero-order chi connectivity index (χ0) is 12.1. The number of carbonyl (C=O) groups is 1. The van der Waals surface area contributed by atoms with Crippen molar-refractivity contribution in [2.45, 2.75) is 12.5 Å². The third-order valence-corrected chi connectivity index (χ3v) is 2.03. The summed E-state index contributed by atoms with van der Waals surface area (Å²) in [6, 6.07) is 1.53. The van der Waals surface area contributed by atoms with Crippen molar-refractivity contribution in [1.29, 1.82) is 0 Å². The second-order valence-electron chi connectivity index (χ2n) is 3.05. The van der Waals surface area contributed by atoms with Crippen LogP contribution in [0.3, 0.4) is 0 Å². The van der Waals surface area contributed by atoms with Crippen LogP contribution in [-0.2, 0) is 4.79 Å². The van der Waals surface area contributed by atoms with Crippen LogP contribution in [0.15, 0.2) is 12.3 Å². The number of hydrogen-bond acceptors (Lipinski definition) is 5. The fraction of sp³-hybridized carbons (Fsp3) is 0.400. The highest BCUT2D eigenvalue weighted by atomic mass is 16.5. The minimum atomic E-state index is -1.21. The van der Waals surface area contributed by atoms with Crippen LogP contribution in [-0.4, -0.2) is 35.4 Å². The smallest absolute Gasteiger partial charge is 0.306 e. The largest absolute Gasteiger partial charge is 0.496 e. The van der Waals surface area contributed by atoms with E-state index in [1.165, 1.54) is 26.5 Å². The van der Waals surface area contributed by atoms with Crippen molar-refractivity contribution in [2.24, 2.45) is 0 Å². The highest BCUT2D eigenvalue weighted by Gasteiger charge is 2.22. The molecule has 1 heterocycles. The summed E-state index contributed by atoms with van der Waals surface area (Å²) >= 11 is 0. The monoisotopic (exact) mass is 227 g/mol. The predicted molar refractivity (Wildman–Crippen MR) is 54.6 cm³/mol. The van der Waals surface area contributed by atoms with Gasteiger partial charge in [0.15, 0.2) is 0 Å². The molecule has 0 saturated heterocycles. The molecule has 88 valence electrons. The summed E-state index contributed by atoms with van der Waals surface area (Å²) in [5, 5.41) is 18.3. The molecule has 1 rings (SSSR count). The number of hydrogen-bond donors (Lipinski definition) is 2. The van der Waals surface area contributed by atoms with E-state index in [1.807, 2.05) is 0 Å². The van der Waals surface area contributed by atoms with Gasteiger partial charge in [0.05, 0.1) is 32.3 Å². The van der Waals surface area contributed by atoms with Crippen molar-refractivity contribution in [3.63, 3.8) is 0 Å². The van der Waals surface area contributed by atoms with Crippen molar-refractivity contribution in [1.82, 2.24) is 4.98 Å². The Morgan fingerprint density at radius 1 is 1.50 bits per heavy atom. The van der Waals surface area contributed by atoms with Crippen LogP contribution in [0, 0.1) is 0 Å². The molecule has 0 aliphatic heterocycles. The molecule has 0 radical (unpaired) electrons. The number of methoxy groups -OCH3 is 2. The Hall–Kier alpha value is -1.82. The molecule has 0 bridgehead atoms. The standard InChI is InChI=1S/C10H13NO5/c1-15-7-3-4-11-10(16-2)9(7)6(12)5-8(13)14/h3-4,6,12H,5H2,1-2H3,(H,13,14)/t6-/m1/s1. The number of aliphatic hydroxyl groups is 1. The maximum atomic E-state index is 10.5. The second kappa shape index (κ2) is 5.32. The lowest BCUT2D eigenvalue weighted by Gasteiger charge is -2.15. The molecule has 1 atom stereocenters. The Morgan fingerprint density at radius 3 is 2.69 bits per heavy atom. The zero-order valence-corrected chi connectivity index (χ0v) is 9.01. The Bertz CT molecular complexity index is 357. The van der Waals surface area contributed by atoms with Gasteiger partial charge >= 0.3 is 5.97 Å². The number of ether oxygens (including phenoxy) is 2. The molecule has 6 nitrogen and oxygen atoms in total. The summed E-state index contributed by atoms with van der Waals surface area (Å²) in [5.74, 6) is -0.603. The molecule has 1 aromatic heterocycles. The van der Waals surface area contributed by atoms with Crippen LogP contribution >= 0.6 is 0 Å². The van der Waals surface area contributed by atoms with Gasteiger partial charge in [-0.3, -0.25) is 4.79 Å². The number of rotatable bonds is 5. The van der Waals surface area contributed by atoms with Gasteiger partial charge in [0.2, 0.25) is 5.88 Å². The molecule has 2 N–H and O–H groups in total. The number of carboxylic acids is 1. The lowest BCUT2D eigenvalue weighted by Crippen LogP contribution is -2.09. The van der Waals surface area contributed by atoms with E-state index in [9.17, 15) is 9.90 Å². The third-order valence-electron chi connectivity index (χ3n) is 2.03. The Balaban J connectivity index is 3.12. The normalized spacial score (nSPS) is 11.9. The molecule has 6 heteroatoms. The summed E-state index contributed by atoms with van der Waals surface area (Å²) in [6.45, 7) is 0. The molecule has 16 heavy (non-hydrogen) atoms. The van der Waals surface area contributed by atoms with Crippen molar-refractivity contribution in [3.8, 4) is 11.6 Å². The van der Waals surface area contributed by atoms with E-state index < -0.39 is 18.5 Å². The van der Waals surface area contributed by atoms with Crippen molar-refractivity contribution in [3.05, 3.63) is 17.8 Å². The maximum absolute atomic E-state index is 10.5. The van der Waals surface area contributed by atoms with Gasteiger partial charge in [-0.1, -0.05) is 0 Å². The van der Waals surface area contributed by atoms with E-state index in [-0.39, 0.29) is 11.4 Å². The molecule has 0 aliphatic rings. The van der Waals surface area contributed by atoms with Crippen LogP contribution in [0.4, 0.5) is 0 Å². The molecule has 0 spiro atoms. The van der Waals surface area contributed by atoms with Gasteiger partial charge in [-0.15, -0.1) is 0 Å². The van der Waals surface area contributed by atoms with Gasteiger partial charge in [0.25, 0.3) is 0 Å². The van der Waals surface area contributed by atoms with E-state index in [0.29, 0.717) is 5.75 Å². The number of carboxylic acid groups (broad SMARTS) is 1. The molecular formula is C10H13NO5. The fourth-order valence-electron chi connectivity index (χ4n) is 1.35. The van der Waals surface area contributed by atoms with E-state index in [0.717, 1.165) is 0 Å². The topological polar surface area (TPSA) is 88.9 Å². The molecule has 0 amide bonds. The van der Waals surface area contributed by atoms with Gasteiger partial charge in [0, 0.05) is 6.20 Å². The van der Waals surface area contributed by atoms with Gasteiger partial charge in [-0.05, 0) is 6.07 Å². The first-order chi connectivity index (χ1) is 7.60. The molecule has 0 saturated carbocycles. The van der Waals surface area contributed by atoms with Gasteiger partial charge < -0.3 is 19.7 Å². The first-order valence-electron chi connectivity index (χ1n) is 4.56. The highest BCUT2D eigenvalue weighted by Crippen LogP contribution is 2.33. The molecule has 1 aromatic rings. The van der Waals surface area contributed by atoms with Crippen LogP contribution < -0.4 is 9.47 Å². The van der Waals surface area contributed by atoms with E-state index in [1.54, 1.807) is 0 Å². The summed E-state index contributed by atoms with van der Waals surface area (Å²) < 4.78 is 9.96. The van der Waals surface area contributed by atoms with Crippen LogP contribution in [0.1, 0.15) is 18.1 Å². The fourth-order valence-corrected chi connectivity index (χ4v) is 1.35. The van der Waals surface area contributed by atoms with Crippen LogP contribution in [0.25, 0.3) is 0 Å². The quantitative estimate of drug-likeness (QED) is 0.766. The molecule has 0 aliphatic carbocycles.